The van der Waals surface area contributed by atoms with E-state index in [0.717, 1.165) is 24.7 Å². The largest absolute Gasteiger partial charge is 0.497 e. The topological polar surface area (TPSA) is 56.1 Å². The number of nitrogens with zero attached hydrogens (tertiary/aromatic N) is 5. The lowest BCUT2D eigenvalue weighted by molar-refractivity contribution is 0.237. The van der Waals surface area contributed by atoms with Gasteiger partial charge in [0.05, 0.1) is 19.7 Å². The Hall–Kier alpha value is -1.95. The van der Waals surface area contributed by atoms with Crippen LogP contribution in [0.5, 0.6) is 5.75 Å². The molecule has 22 heavy (non-hydrogen) atoms. The fourth-order valence-corrected chi connectivity index (χ4v) is 3.32. The Morgan fingerprint density at radius 1 is 1.18 bits per heavy atom. The molecule has 6 heteroatoms. The summed E-state index contributed by atoms with van der Waals surface area (Å²) in [7, 11) is 1.70. The third-order valence-electron chi connectivity index (χ3n) is 4.66. The molecular weight excluding hydrogens is 278 g/mol. The molecule has 0 bridgehead atoms. The van der Waals surface area contributed by atoms with Crippen LogP contribution in [-0.4, -0.2) is 38.8 Å². The van der Waals surface area contributed by atoms with Gasteiger partial charge in [-0.15, -0.1) is 5.10 Å². The molecule has 1 unspecified atom stereocenters. The average molecular weight is 299 g/mol. The van der Waals surface area contributed by atoms with Crippen molar-refractivity contribution >= 4 is 0 Å². The van der Waals surface area contributed by atoms with E-state index in [2.05, 4.69) is 32.6 Å². The van der Waals surface area contributed by atoms with E-state index in [9.17, 15) is 0 Å². The highest BCUT2D eigenvalue weighted by Crippen LogP contribution is 2.37. The van der Waals surface area contributed by atoms with Crippen molar-refractivity contribution < 1.29 is 4.74 Å². The number of ether oxygens (including phenoxy) is 1. The Morgan fingerprint density at radius 2 is 2.00 bits per heavy atom. The molecule has 2 fully saturated rings. The summed E-state index contributed by atoms with van der Waals surface area (Å²) >= 11 is 0. The third-order valence-corrected chi connectivity index (χ3v) is 4.66. The summed E-state index contributed by atoms with van der Waals surface area (Å²) in [5, 5.41) is 12.3. The van der Waals surface area contributed by atoms with Gasteiger partial charge in [0, 0.05) is 6.04 Å². The molecule has 1 saturated heterocycles. The quantitative estimate of drug-likeness (QED) is 0.848. The van der Waals surface area contributed by atoms with Crippen molar-refractivity contribution in [3.8, 4) is 5.75 Å². The highest BCUT2D eigenvalue weighted by atomic mass is 16.5. The van der Waals surface area contributed by atoms with Gasteiger partial charge in [0.15, 0.2) is 5.82 Å². The van der Waals surface area contributed by atoms with Gasteiger partial charge < -0.3 is 4.74 Å². The number of benzene rings is 1. The Balaban J connectivity index is 1.51. The maximum absolute atomic E-state index is 5.25. The van der Waals surface area contributed by atoms with Crippen molar-refractivity contribution in [2.45, 2.75) is 44.3 Å². The first-order chi connectivity index (χ1) is 10.8. The standard InChI is InChI=1S/C16H21N5O/c1-22-14-8-4-12(5-9-14)15-3-2-10-20(15)11-16-17-18-19-21(16)13-6-7-13/h4-5,8-9,13,15H,2-3,6-7,10-11H2,1H3. The van der Waals surface area contributed by atoms with Gasteiger partial charge in [-0.2, -0.15) is 0 Å². The lowest BCUT2D eigenvalue weighted by atomic mass is 10.0. The van der Waals surface area contributed by atoms with E-state index in [1.165, 1.54) is 31.2 Å². The van der Waals surface area contributed by atoms with Gasteiger partial charge >= 0.3 is 0 Å². The molecule has 1 saturated carbocycles. The lowest BCUT2D eigenvalue weighted by Gasteiger charge is -2.24. The van der Waals surface area contributed by atoms with E-state index in [1.54, 1.807) is 7.11 Å². The summed E-state index contributed by atoms with van der Waals surface area (Å²) in [5.74, 6) is 1.91. The number of likely N-dealkylation sites (tertiary alicyclic amines) is 1. The van der Waals surface area contributed by atoms with Gasteiger partial charge in [0.1, 0.15) is 5.75 Å². The van der Waals surface area contributed by atoms with E-state index < -0.39 is 0 Å². The summed E-state index contributed by atoms with van der Waals surface area (Å²) in [6.07, 6.45) is 4.83. The van der Waals surface area contributed by atoms with Gasteiger partial charge in [-0.25, -0.2) is 4.68 Å². The van der Waals surface area contributed by atoms with Crippen LogP contribution in [0.2, 0.25) is 0 Å². The first-order valence-electron chi connectivity index (χ1n) is 8.00. The van der Waals surface area contributed by atoms with Crippen molar-refractivity contribution in [1.29, 1.82) is 0 Å². The second kappa shape index (κ2) is 5.68. The molecule has 1 aliphatic heterocycles. The lowest BCUT2D eigenvalue weighted by Crippen LogP contribution is -2.25. The molecule has 1 aromatic heterocycles. The van der Waals surface area contributed by atoms with E-state index in [0.29, 0.717) is 12.1 Å². The maximum Gasteiger partial charge on any atom is 0.165 e. The Bertz CT molecular complexity index is 634. The predicted octanol–water partition coefficient (Wildman–Crippen LogP) is 2.35. The van der Waals surface area contributed by atoms with Gasteiger partial charge in [0.25, 0.3) is 0 Å². The molecule has 1 aliphatic carbocycles. The SMILES string of the molecule is COc1ccc(C2CCCN2Cc2nnnn2C2CC2)cc1. The molecule has 2 aliphatic rings. The fraction of sp³-hybridized carbons (Fsp3) is 0.562. The first-order valence-corrected chi connectivity index (χ1v) is 8.00. The Morgan fingerprint density at radius 3 is 2.73 bits per heavy atom. The minimum Gasteiger partial charge on any atom is -0.497 e. The van der Waals surface area contributed by atoms with Crippen LogP contribution in [0.25, 0.3) is 0 Å². The minimum atomic E-state index is 0.454. The van der Waals surface area contributed by atoms with Crippen LogP contribution in [0, 0.1) is 0 Å². The maximum atomic E-state index is 5.25. The number of rotatable bonds is 5. The summed E-state index contributed by atoms with van der Waals surface area (Å²) < 4.78 is 7.27. The number of hydrogen-bond acceptors (Lipinski definition) is 5. The molecule has 2 heterocycles. The smallest absolute Gasteiger partial charge is 0.165 e. The molecule has 116 valence electrons. The third kappa shape index (κ3) is 2.59. The molecule has 4 rings (SSSR count). The highest BCUT2D eigenvalue weighted by Gasteiger charge is 2.31. The zero-order valence-corrected chi connectivity index (χ0v) is 12.9. The second-order valence-corrected chi connectivity index (χ2v) is 6.17. The zero-order chi connectivity index (χ0) is 14.9. The van der Waals surface area contributed by atoms with Crippen molar-refractivity contribution in [1.82, 2.24) is 25.1 Å². The van der Waals surface area contributed by atoms with Crippen molar-refractivity contribution in [2.24, 2.45) is 0 Å². The molecule has 6 nitrogen and oxygen atoms in total. The van der Waals surface area contributed by atoms with E-state index in [4.69, 9.17) is 4.74 Å². The van der Waals surface area contributed by atoms with Gasteiger partial charge in [-0.05, 0) is 60.4 Å². The highest BCUT2D eigenvalue weighted by molar-refractivity contribution is 5.29. The molecule has 0 spiro atoms. The van der Waals surface area contributed by atoms with Gasteiger partial charge in [-0.3, -0.25) is 4.90 Å². The van der Waals surface area contributed by atoms with Crippen LogP contribution in [0.15, 0.2) is 24.3 Å². The summed E-state index contributed by atoms with van der Waals surface area (Å²) in [6, 6.07) is 9.42. The first kappa shape index (κ1) is 13.7. The molecule has 0 radical (unpaired) electrons. The van der Waals surface area contributed by atoms with Crippen molar-refractivity contribution in [3.63, 3.8) is 0 Å². The van der Waals surface area contributed by atoms with Crippen LogP contribution in [-0.2, 0) is 6.54 Å². The van der Waals surface area contributed by atoms with E-state index in [1.807, 2.05) is 16.8 Å². The fourth-order valence-electron chi connectivity index (χ4n) is 3.32. The van der Waals surface area contributed by atoms with Crippen molar-refractivity contribution in [3.05, 3.63) is 35.7 Å². The summed E-state index contributed by atoms with van der Waals surface area (Å²) in [6.45, 7) is 1.94. The molecule has 0 amide bonds. The second-order valence-electron chi connectivity index (χ2n) is 6.17. The van der Waals surface area contributed by atoms with Crippen LogP contribution in [0.1, 0.15) is 49.2 Å². The molecule has 0 N–H and O–H groups in total. The monoisotopic (exact) mass is 299 g/mol. The van der Waals surface area contributed by atoms with E-state index >= 15 is 0 Å². The number of aromatic nitrogens is 4. The number of methoxy groups -OCH3 is 1. The molecule has 2 aromatic rings. The van der Waals surface area contributed by atoms with Crippen LogP contribution < -0.4 is 4.74 Å². The minimum absolute atomic E-state index is 0.454. The molecule has 1 aromatic carbocycles. The number of hydrogen-bond donors (Lipinski definition) is 0. The average Bonchev–Trinajstić information content (AvgIpc) is 3.12. The summed E-state index contributed by atoms with van der Waals surface area (Å²) in [4.78, 5) is 2.49. The van der Waals surface area contributed by atoms with Crippen LogP contribution >= 0.6 is 0 Å². The normalized spacial score (nSPS) is 22.1. The van der Waals surface area contributed by atoms with Crippen LogP contribution in [0.4, 0.5) is 0 Å². The Kier molecular flexibility index (Phi) is 3.54. The van der Waals surface area contributed by atoms with Gasteiger partial charge in [-0.1, -0.05) is 12.1 Å². The molecule has 1 atom stereocenters. The van der Waals surface area contributed by atoms with Gasteiger partial charge in [0.2, 0.25) is 0 Å². The summed E-state index contributed by atoms with van der Waals surface area (Å²) in [5.41, 5.74) is 1.35. The predicted molar refractivity (Wildman–Crippen MR) is 81.5 cm³/mol. The van der Waals surface area contributed by atoms with E-state index in [-0.39, 0.29) is 0 Å². The number of tetrazole rings is 1. The zero-order valence-electron chi connectivity index (χ0n) is 12.9. The van der Waals surface area contributed by atoms with Crippen molar-refractivity contribution in [2.75, 3.05) is 13.7 Å². The van der Waals surface area contributed by atoms with Crippen LogP contribution in [0.3, 0.4) is 0 Å². The molecular formula is C16H21N5O. The Labute approximate surface area is 130 Å².